The maximum absolute atomic E-state index is 12.3. The molecule has 1 fully saturated rings. The monoisotopic (exact) mass is 218 g/mol. The zero-order chi connectivity index (χ0) is 10.9. The van der Waals surface area contributed by atoms with Crippen molar-refractivity contribution in [3.05, 3.63) is 11.6 Å². The van der Waals surface area contributed by atoms with Crippen molar-refractivity contribution in [1.29, 1.82) is 0 Å². The van der Waals surface area contributed by atoms with Crippen LogP contribution in [-0.2, 0) is 0 Å². The largest absolute Gasteiger partial charge is 0.432 e. The lowest BCUT2D eigenvalue weighted by Crippen LogP contribution is -2.29. The van der Waals surface area contributed by atoms with E-state index >= 15 is 0 Å². The number of aliphatic imine (C=N–C) groups is 1. The molecule has 84 valence electrons. The van der Waals surface area contributed by atoms with Crippen LogP contribution in [0.4, 0.5) is 13.2 Å². The van der Waals surface area contributed by atoms with Crippen LogP contribution < -0.4 is 5.32 Å². The molecule has 15 heavy (non-hydrogen) atoms. The predicted molar refractivity (Wildman–Crippen MR) is 52.0 cm³/mol. The Morgan fingerprint density at radius 1 is 1.27 bits per heavy atom. The molecule has 5 heteroatoms. The molecule has 0 bridgehead atoms. The first-order chi connectivity index (χ1) is 7.07. The Kier molecular flexibility index (Phi) is 2.82. The average Bonchev–Trinajstić information content (AvgIpc) is 2.67. The zero-order valence-corrected chi connectivity index (χ0v) is 8.27. The summed E-state index contributed by atoms with van der Waals surface area (Å²) in [6, 6.07) is 0. The Balaban J connectivity index is 2.02. The molecule has 2 nitrogen and oxygen atoms in total. The molecule has 1 N–H and O–H groups in total. The summed E-state index contributed by atoms with van der Waals surface area (Å²) in [6.07, 6.45) is -1.20. The molecule has 2 rings (SSSR count). The maximum atomic E-state index is 12.3. The summed E-state index contributed by atoms with van der Waals surface area (Å²) in [5.74, 6) is 0.287. The normalized spacial score (nSPS) is 23.9. The molecule has 0 radical (unpaired) electrons. The van der Waals surface area contributed by atoms with Gasteiger partial charge in [-0.05, 0) is 43.5 Å². The summed E-state index contributed by atoms with van der Waals surface area (Å²) < 4.78 is 36.9. The summed E-state index contributed by atoms with van der Waals surface area (Å²) in [7, 11) is 0. The van der Waals surface area contributed by atoms with Crippen LogP contribution >= 0.6 is 0 Å². The molecule has 2 aliphatic heterocycles. The molecule has 2 heterocycles. The smallest absolute Gasteiger partial charge is 0.317 e. The molecule has 0 amide bonds. The van der Waals surface area contributed by atoms with Gasteiger partial charge in [-0.3, -0.25) is 4.99 Å². The first kappa shape index (κ1) is 10.7. The first-order valence-electron chi connectivity index (χ1n) is 5.10. The molecule has 0 saturated carbocycles. The van der Waals surface area contributed by atoms with E-state index in [1.165, 1.54) is 6.08 Å². The second-order valence-corrected chi connectivity index (χ2v) is 3.94. The Hall–Kier alpha value is -0.840. The van der Waals surface area contributed by atoms with Crippen molar-refractivity contribution in [3.63, 3.8) is 0 Å². The molecule has 0 aromatic rings. The average molecular weight is 218 g/mol. The number of piperidine rings is 1. The number of hydrogen-bond donors (Lipinski definition) is 1. The summed E-state index contributed by atoms with van der Waals surface area (Å²) in [5, 5.41) is 3.19. The highest BCUT2D eigenvalue weighted by Gasteiger charge is 2.37. The van der Waals surface area contributed by atoms with Crippen molar-refractivity contribution in [2.45, 2.75) is 19.0 Å². The zero-order valence-electron chi connectivity index (χ0n) is 8.27. The molecule has 0 spiro atoms. The summed E-state index contributed by atoms with van der Waals surface area (Å²) in [4.78, 5) is 3.54. The van der Waals surface area contributed by atoms with Gasteiger partial charge in [-0.2, -0.15) is 13.2 Å². The molecular formula is C10H13F3N2. The summed E-state index contributed by atoms with van der Waals surface area (Å²) >= 11 is 0. The Labute approximate surface area is 86.3 Å². The van der Waals surface area contributed by atoms with Gasteiger partial charge in [0.05, 0.1) is 6.54 Å². The highest BCUT2D eigenvalue weighted by Crippen LogP contribution is 2.29. The predicted octanol–water partition coefficient (Wildman–Crippen LogP) is 1.93. The van der Waals surface area contributed by atoms with E-state index in [9.17, 15) is 13.2 Å². The Morgan fingerprint density at radius 3 is 2.47 bits per heavy atom. The van der Waals surface area contributed by atoms with E-state index in [1.54, 1.807) is 0 Å². The number of alkyl halides is 3. The van der Waals surface area contributed by atoms with Crippen LogP contribution in [0.3, 0.4) is 0 Å². The van der Waals surface area contributed by atoms with Crippen LogP contribution in [-0.4, -0.2) is 31.5 Å². The van der Waals surface area contributed by atoms with Gasteiger partial charge in [-0.15, -0.1) is 0 Å². The number of rotatable bonds is 1. The van der Waals surface area contributed by atoms with Crippen LogP contribution in [0.5, 0.6) is 0 Å². The van der Waals surface area contributed by atoms with Gasteiger partial charge in [0.1, 0.15) is 5.71 Å². The van der Waals surface area contributed by atoms with Gasteiger partial charge in [0.15, 0.2) is 0 Å². The van der Waals surface area contributed by atoms with Crippen LogP contribution in [0.2, 0.25) is 0 Å². The highest BCUT2D eigenvalue weighted by atomic mass is 19.4. The van der Waals surface area contributed by atoms with Gasteiger partial charge < -0.3 is 5.32 Å². The fourth-order valence-electron chi connectivity index (χ4n) is 2.05. The number of nitrogens with zero attached hydrogens (tertiary/aromatic N) is 1. The molecule has 0 unspecified atom stereocenters. The van der Waals surface area contributed by atoms with E-state index in [0.717, 1.165) is 31.5 Å². The summed E-state index contributed by atoms with van der Waals surface area (Å²) in [6.45, 7) is 2.02. The maximum Gasteiger partial charge on any atom is 0.432 e. The van der Waals surface area contributed by atoms with Gasteiger partial charge in [0.2, 0.25) is 0 Å². The fourth-order valence-corrected chi connectivity index (χ4v) is 2.05. The number of allylic oxidation sites excluding steroid dienone is 1. The third kappa shape index (κ3) is 2.40. The van der Waals surface area contributed by atoms with Crippen LogP contribution in [0.25, 0.3) is 0 Å². The van der Waals surface area contributed by atoms with Crippen LogP contribution in [0.15, 0.2) is 16.6 Å². The lowest BCUT2D eigenvalue weighted by molar-refractivity contribution is -0.0576. The fraction of sp³-hybridized carbons (Fsp3) is 0.700. The van der Waals surface area contributed by atoms with Crippen molar-refractivity contribution in [2.75, 3.05) is 19.6 Å². The lowest BCUT2D eigenvalue weighted by Gasteiger charge is -2.23. The van der Waals surface area contributed by atoms with Gasteiger partial charge in [-0.25, -0.2) is 0 Å². The minimum Gasteiger partial charge on any atom is -0.317 e. The van der Waals surface area contributed by atoms with E-state index in [4.69, 9.17) is 0 Å². The molecule has 2 aliphatic rings. The minimum absolute atomic E-state index is 0.236. The van der Waals surface area contributed by atoms with Gasteiger partial charge in [0, 0.05) is 0 Å². The molecule has 0 aromatic carbocycles. The van der Waals surface area contributed by atoms with Crippen molar-refractivity contribution < 1.29 is 13.2 Å². The highest BCUT2D eigenvalue weighted by molar-refractivity contribution is 6.01. The topological polar surface area (TPSA) is 24.4 Å². The molecule has 0 atom stereocenters. The quantitative estimate of drug-likeness (QED) is 0.714. The van der Waals surface area contributed by atoms with Crippen molar-refractivity contribution in [3.8, 4) is 0 Å². The minimum atomic E-state index is -4.28. The third-order valence-corrected chi connectivity index (χ3v) is 2.91. The van der Waals surface area contributed by atoms with Crippen molar-refractivity contribution >= 4 is 5.71 Å². The van der Waals surface area contributed by atoms with E-state index in [1.807, 2.05) is 0 Å². The van der Waals surface area contributed by atoms with E-state index in [2.05, 4.69) is 10.3 Å². The molecule has 1 saturated heterocycles. The van der Waals surface area contributed by atoms with Crippen LogP contribution in [0.1, 0.15) is 12.8 Å². The lowest BCUT2D eigenvalue weighted by atomic mass is 9.90. The molecule has 0 aromatic heterocycles. The molecular weight excluding hydrogens is 205 g/mol. The van der Waals surface area contributed by atoms with E-state index < -0.39 is 11.9 Å². The van der Waals surface area contributed by atoms with Crippen LogP contribution in [0, 0.1) is 5.92 Å². The van der Waals surface area contributed by atoms with Gasteiger partial charge in [0.25, 0.3) is 0 Å². The third-order valence-electron chi connectivity index (χ3n) is 2.91. The van der Waals surface area contributed by atoms with Gasteiger partial charge >= 0.3 is 6.18 Å². The van der Waals surface area contributed by atoms with E-state index in [0.29, 0.717) is 0 Å². The summed E-state index contributed by atoms with van der Waals surface area (Å²) in [5.41, 5.74) is 0.139. The van der Waals surface area contributed by atoms with E-state index in [-0.39, 0.29) is 12.5 Å². The number of nitrogens with one attached hydrogen (secondary N) is 1. The Bertz CT molecular complexity index is 298. The second kappa shape index (κ2) is 3.96. The standard InChI is InChI=1S/C10H13F3N2/c11-10(12,13)9-5-8(6-15-9)7-1-3-14-4-2-7/h5,7,14H,1-4,6H2. The molecule has 0 aliphatic carbocycles. The van der Waals surface area contributed by atoms with Crippen molar-refractivity contribution in [2.24, 2.45) is 10.9 Å². The Morgan fingerprint density at radius 2 is 1.93 bits per heavy atom. The SMILES string of the molecule is FC(F)(F)C1=NCC(C2CCNCC2)=C1. The first-order valence-corrected chi connectivity index (χ1v) is 5.10. The second-order valence-electron chi connectivity index (χ2n) is 3.94. The van der Waals surface area contributed by atoms with Crippen molar-refractivity contribution in [1.82, 2.24) is 5.32 Å². The number of hydrogen-bond acceptors (Lipinski definition) is 2. The van der Waals surface area contributed by atoms with Gasteiger partial charge in [-0.1, -0.05) is 0 Å². The number of halogens is 3.